The Hall–Kier alpha value is -2.46. The van der Waals surface area contributed by atoms with E-state index in [2.05, 4.69) is 60.9 Å². The summed E-state index contributed by atoms with van der Waals surface area (Å²) in [5, 5.41) is 0. The lowest BCUT2D eigenvalue weighted by atomic mass is 9.92. The predicted octanol–water partition coefficient (Wildman–Crippen LogP) is 6.92. The maximum Gasteiger partial charge on any atom is 0.125 e. The predicted molar refractivity (Wildman–Crippen MR) is 152 cm³/mol. The minimum Gasteiger partial charge on any atom is -0.493 e. The summed E-state index contributed by atoms with van der Waals surface area (Å²) in [5.41, 5.74) is 8.27. The lowest BCUT2D eigenvalue weighted by Crippen LogP contribution is -2.40. The molecule has 0 spiro atoms. The molecule has 1 saturated heterocycles. The molecule has 0 amide bonds. The van der Waals surface area contributed by atoms with E-state index in [0.29, 0.717) is 11.8 Å². The van der Waals surface area contributed by atoms with E-state index in [1.165, 1.54) is 59.3 Å². The van der Waals surface area contributed by atoms with Gasteiger partial charge in [-0.3, -0.25) is 4.90 Å². The van der Waals surface area contributed by atoms with Crippen LogP contribution in [0.2, 0.25) is 0 Å². The van der Waals surface area contributed by atoms with Crippen LogP contribution in [0.25, 0.3) is 0 Å². The van der Waals surface area contributed by atoms with Crippen molar-refractivity contribution in [3.05, 3.63) is 70.4 Å². The highest BCUT2D eigenvalue weighted by Crippen LogP contribution is 2.33. The summed E-state index contributed by atoms with van der Waals surface area (Å²) in [6.07, 6.45) is 8.23. The second kappa shape index (κ2) is 11.9. The number of hydrogen-bond acceptors (Lipinski definition) is 4. The molecular formula is C33H46N2O2. The van der Waals surface area contributed by atoms with E-state index in [0.717, 1.165) is 76.6 Å². The monoisotopic (exact) mass is 502 g/mol. The molecule has 0 aromatic heterocycles. The number of aryl methyl sites for hydroxylation is 2. The molecule has 0 aliphatic carbocycles. The van der Waals surface area contributed by atoms with Crippen LogP contribution in [-0.2, 0) is 25.9 Å². The summed E-state index contributed by atoms with van der Waals surface area (Å²) >= 11 is 0. The Morgan fingerprint density at radius 1 is 1.08 bits per heavy atom. The summed E-state index contributed by atoms with van der Waals surface area (Å²) in [6, 6.07) is 11.4. The number of nitrogens with zero attached hydrogens (tertiary/aromatic N) is 2. The van der Waals surface area contributed by atoms with Gasteiger partial charge in [-0.15, -0.1) is 0 Å². The second-order valence-corrected chi connectivity index (χ2v) is 11.9. The Morgan fingerprint density at radius 2 is 1.95 bits per heavy atom. The average molecular weight is 503 g/mol. The van der Waals surface area contributed by atoms with Gasteiger partial charge in [0.15, 0.2) is 0 Å². The molecule has 4 nitrogen and oxygen atoms in total. The van der Waals surface area contributed by atoms with Gasteiger partial charge in [0.2, 0.25) is 0 Å². The van der Waals surface area contributed by atoms with E-state index in [1.807, 2.05) is 0 Å². The molecular weight excluding hydrogens is 456 g/mol. The van der Waals surface area contributed by atoms with Gasteiger partial charge in [0.25, 0.3) is 0 Å². The van der Waals surface area contributed by atoms with Crippen LogP contribution in [0, 0.1) is 18.8 Å². The van der Waals surface area contributed by atoms with Gasteiger partial charge in [0.1, 0.15) is 11.5 Å². The molecule has 0 saturated carbocycles. The van der Waals surface area contributed by atoms with Gasteiger partial charge in [0.05, 0.1) is 13.2 Å². The molecule has 1 atom stereocenters. The molecule has 1 fully saturated rings. The molecule has 0 unspecified atom stereocenters. The molecule has 200 valence electrons. The zero-order valence-corrected chi connectivity index (χ0v) is 23.4. The van der Waals surface area contributed by atoms with E-state index in [-0.39, 0.29) is 0 Å². The number of likely N-dealkylation sites (tertiary alicyclic amines) is 1. The second-order valence-electron chi connectivity index (χ2n) is 11.9. The van der Waals surface area contributed by atoms with Gasteiger partial charge in [-0.1, -0.05) is 44.7 Å². The first-order chi connectivity index (χ1) is 18.0. The van der Waals surface area contributed by atoms with Crippen molar-refractivity contribution in [2.75, 3.05) is 32.8 Å². The standard InChI is InChI=1S/C33H46N2O2/c1-24(2)20-35(21-27-18-25(3)33-28(19-27)10-5-6-16-37-33)26(4)29-12-8-15-34(22-29)23-30-11-7-14-32-31(30)13-9-17-36-32/h7,11,14,18-19,24,29H,4-6,8-10,12-13,15-17,20-23H2,1-3H3/t29-/m1/s1. The van der Waals surface area contributed by atoms with Gasteiger partial charge >= 0.3 is 0 Å². The van der Waals surface area contributed by atoms with E-state index in [9.17, 15) is 0 Å². The first-order valence-electron chi connectivity index (χ1n) is 14.6. The van der Waals surface area contributed by atoms with Crippen LogP contribution < -0.4 is 9.47 Å². The molecule has 5 rings (SSSR count). The van der Waals surface area contributed by atoms with Gasteiger partial charge < -0.3 is 14.4 Å². The fourth-order valence-corrected chi connectivity index (χ4v) is 6.53. The number of fused-ring (bicyclic) bond motifs is 2. The molecule has 2 aromatic carbocycles. The minimum absolute atomic E-state index is 0.508. The molecule has 0 radical (unpaired) electrons. The van der Waals surface area contributed by atoms with Crippen LogP contribution in [0.4, 0.5) is 0 Å². The highest BCUT2D eigenvalue weighted by molar-refractivity contribution is 5.45. The van der Waals surface area contributed by atoms with Crippen molar-refractivity contribution in [1.82, 2.24) is 9.80 Å². The quantitative estimate of drug-likeness (QED) is 0.391. The number of hydrogen-bond donors (Lipinski definition) is 0. The van der Waals surface area contributed by atoms with Crippen molar-refractivity contribution in [1.29, 1.82) is 0 Å². The van der Waals surface area contributed by atoms with Crippen LogP contribution in [-0.4, -0.2) is 42.6 Å². The van der Waals surface area contributed by atoms with E-state index in [4.69, 9.17) is 16.1 Å². The van der Waals surface area contributed by atoms with Crippen LogP contribution in [0.3, 0.4) is 0 Å². The summed E-state index contributed by atoms with van der Waals surface area (Å²) in [6.45, 7) is 18.5. The zero-order valence-electron chi connectivity index (χ0n) is 23.4. The van der Waals surface area contributed by atoms with E-state index in [1.54, 1.807) is 0 Å². The number of piperidine rings is 1. The Bertz CT molecular complexity index is 1090. The zero-order chi connectivity index (χ0) is 25.8. The highest BCUT2D eigenvalue weighted by atomic mass is 16.5. The molecule has 3 aliphatic rings. The fraction of sp³-hybridized carbons (Fsp3) is 0.576. The molecule has 3 aliphatic heterocycles. The van der Waals surface area contributed by atoms with E-state index < -0.39 is 0 Å². The number of benzene rings is 2. The summed E-state index contributed by atoms with van der Waals surface area (Å²) in [4.78, 5) is 5.23. The highest BCUT2D eigenvalue weighted by Gasteiger charge is 2.27. The third kappa shape index (κ3) is 6.34. The minimum atomic E-state index is 0.508. The Kier molecular flexibility index (Phi) is 8.44. The Balaban J connectivity index is 1.29. The van der Waals surface area contributed by atoms with Crippen molar-refractivity contribution in [2.24, 2.45) is 11.8 Å². The van der Waals surface area contributed by atoms with Gasteiger partial charge in [-0.2, -0.15) is 0 Å². The number of rotatable bonds is 8. The van der Waals surface area contributed by atoms with Crippen molar-refractivity contribution in [3.8, 4) is 11.5 Å². The SMILES string of the molecule is C=C([C@@H]1CCCN(Cc2cccc3c2CCCO3)C1)N(Cc1cc(C)c2c(c1)CCCCO2)CC(C)C. The van der Waals surface area contributed by atoms with Crippen molar-refractivity contribution < 1.29 is 9.47 Å². The first kappa shape index (κ1) is 26.2. The molecule has 4 heteroatoms. The Morgan fingerprint density at radius 3 is 2.81 bits per heavy atom. The topological polar surface area (TPSA) is 24.9 Å². The van der Waals surface area contributed by atoms with Crippen molar-refractivity contribution >= 4 is 0 Å². The van der Waals surface area contributed by atoms with Gasteiger partial charge in [-0.25, -0.2) is 0 Å². The lowest BCUT2D eigenvalue weighted by molar-refractivity contribution is 0.154. The van der Waals surface area contributed by atoms with Crippen LogP contribution in [0.1, 0.15) is 73.8 Å². The fourth-order valence-electron chi connectivity index (χ4n) is 6.53. The molecule has 37 heavy (non-hydrogen) atoms. The maximum absolute atomic E-state index is 6.10. The smallest absolute Gasteiger partial charge is 0.125 e. The molecule has 0 bridgehead atoms. The molecule has 3 heterocycles. The lowest BCUT2D eigenvalue weighted by Gasteiger charge is -2.39. The van der Waals surface area contributed by atoms with Crippen molar-refractivity contribution in [3.63, 3.8) is 0 Å². The van der Waals surface area contributed by atoms with E-state index >= 15 is 0 Å². The summed E-state index contributed by atoms with van der Waals surface area (Å²) in [7, 11) is 0. The summed E-state index contributed by atoms with van der Waals surface area (Å²) in [5.74, 6) is 3.34. The third-order valence-corrected chi connectivity index (χ3v) is 8.29. The first-order valence-corrected chi connectivity index (χ1v) is 14.6. The normalized spacial score (nSPS) is 19.8. The Labute approximate surface area is 224 Å². The molecule has 0 N–H and O–H groups in total. The molecule has 2 aromatic rings. The van der Waals surface area contributed by atoms with Crippen molar-refractivity contribution in [2.45, 2.75) is 78.8 Å². The van der Waals surface area contributed by atoms with Crippen LogP contribution in [0.5, 0.6) is 11.5 Å². The van der Waals surface area contributed by atoms with Gasteiger partial charge in [0, 0.05) is 37.8 Å². The maximum atomic E-state index is 6.10. The largest absolute Gasteiger partial charge is 0.493 e. The van der Waals surface area contributed by atoms with Crippen LogP contribution in [0.15, 0.2) is 42.6 Å². The number of ether oxygens (including phenoxy) is 2. The average Bonchev–Trinajstić information content (AvgIpc) is 3.14. The summed E-state index contributed by atoms with van der Waals surface area (Å²) < 4.78 is 12.0. The third-order valence-electron chi connectivity index (χ3n) is 8.29. The van der Waals surface area contributed by atoms with Gasteiger partial charge in [-0.05, 0) is 98.2 Å². The van der Waals surface area contributed by atoms with Crippen LogP contribution >= 0.6 is 0 Å².